The zero-order chi connectivity index (χ0) is 30.8. The monoisotopic (exact) mass is 599 g/mol. The summed E-state index contributed by atoms with van der Waals surface area (Å²) in [6.07, 6.45) is 9.57. The Kier molecular flexibility index (Phi) is 8.91. The molecule has 3 aliphatic rings. The maximum absolute atomic E-state index is 12.7. The van der Waals surface area contributed by atoms with Crippen molar-refractivity contribution in [2.75, 3.05) is 34.3 Å². The lowest BCUT2D eigenvalue weighted by molar-refractivity contribution is 0.0462. The van der Waals surface area contributed by atoms with Gasteiger partial charge in [0.05, 0.1) is 11.6 Å². The first-order valence-electron chi connectivity index (χ1n) is 15.9. The third-order valence-corrected chi connectivity index (χ3v) is 9.53. The first kappa shape index (κ1) is 30.1. The third kappa shape index (κ3) is 6.61. The van der Waals surface area contributed by atoms with Crippen LogP contribution < -0.4 is 10.6 Å². The van der Waals surface area contributed by atoms with Gasteiger partial charge in [0, 0.05) is 54.2 Å². The molecular weight excluding hydrogens is 554 g/mol. The zero-order valence-electron chi connectivity index (χ0n) is 26.3. The second-order valence-corrected chi connectivity index (χ2v) is 12.9. The largest absolute Gasteiger partial charge is 0.447 e. The minimum Gasteiger partial charge on any atom is -0.447 e. The van der Waals surface area contributed by atoms with E-state index in [4.69, 9.17) is 4.74 Å². The van der Waals surface area contributed by atoms with Crippen LogP contribution in [0.1, 0.15) is 53.7 Å². The molecule has 0 spiro atoms. The van der Waals surface area contributed by atoms with Crippen LogP contribution >= 0.6 is 0 Å². The van der Waals surface area contributed by atoms with Gasteiger partial charge in [-0.1, -0.05) is 30.7 Å². The number of likely N-dealkylation sites (N-methyl/N-ethyl adjacent to an activating group) is 1. The van der Waals surface area contributed by atoms with Gasteiger partial charge in [0.15, 0.2) is 5.69 Å². The summed E-state index contributed by atoms with van der Waals surface area (Å²) in [5, 5.41) is 12.7. The third-order valence-electron chi connectivity index (χ3n) is 9.53. The summed E-state index contributed by atoms with van der Waals surface area (Å²) in [5.41, 5.74) is 5.28. The van der Waals surface area contributed by atoms with Gasteiger partial charge in [-0.25, -0.2) is 4.79 Å². The Bertz CT molecular complexity index is 1610. The fourth-order valence-corrected chi connectivity index (χ4v) is 7.09. The molecule has 3 aliphatic heterocycles. The molecule has 44 heavy (non-hydrogen) atoms. The number of hydrogen-bond acceptors (Lipinski definition) is 6. The number of carbonyl (C=O) groups excluding carboxylic acids is 2. The van der Waals surface area contributed by atoms with E-state index >= 15 is 0 Å². The molecule has 2 bridgehead atoms. The molecule has 3 N–H and O–H groups in total. The van der Waals surface area contributed by atoms with E-state index in [0.717, 1.165) is 43.1 Å². The number of rotatable bonds is 7. The Morgan fingerprint density at radius 2 is 1.86 bits per heavy atom. The Morgan fingerprint density at radius 3 is 2.59 bits per heavy atom. The number of alkyl carbamates (subject to hydrolysis) is 1. The molecule has 0 radical (unpaired) electrons. The molecular formula is C34H45N7O3. The van der Waals surface area contributed by atoms with Crippen LogP contribution in [0.3, 0.4) is 0 Å². The number of carbonyl (C=O) groups is 2. The van der Waals surface area contributed by atoms with Crippen LogP contribution in [0, 0.1) is 0 Å². The van der Waals surface area contributed by atoms with Gasteiger partial charge in [0.2, 0.25) is 0 Å². The van der Waals surface area contributed by atoms with Crippen LogP contribution in [0.2, 0.25) is 0 Å². The lowest BCUT2D eigenvalue weighted by atomic mass is 9.82. The van der Waals surface area contributed by atoms with E-state index in [1.165, 1.54) is 41.3 Å². The second-order valence-electron chi connectivity index (χ2n) is 12.9. The molecule has 1 unspecified atom stereocenters. The summed E-state index contributed by atoms with van der Waals surface area (Å²) < 4.78 is 6.72. The van der Waals surface area contributed by atoms with Crippen molar-refractivity contribution in [1.82, 2.24) is 35.2 Å². The number of benzene rings is 2. The van der Waals surface area contributed by atoms with Gasteiger partial charge in [0.25, 0.3) is 5.91 Å². The number of piperidine rings is 2. The summed E-state index contributed by atoms with van der Waals surface area (Å²) in [4.78, 5) is 31.8. The van der Waals surface area contributed by atoms with Crippen LogP contribution in [0.4, 0.5) is 4.79 Å². The molecule has 3 fully saturated rings. The SMILES string of the molecule is CN(C)CCc1c[nH]c2ccc(C[C@H]3COC(=O)N3)cc12.CN1[C@@H]2CCC[C@H]1CC(NC(=O)c1nn(C)c3ccccc13)C2. The molecule has 7 rings (SSSR count). The number of aromatic nitrogens is 3. The number of fused-ring (bicyclic) bond motifs is 4. The molecule has 0 saturated carbocycles. The average molecular weight is 600 g/mol. The van der Waals surface area contributed by atoms with Crippen LogP contribution in [0.25, 0.3) is 21.8 Å². The number of hydrogen-bond donors (Lipinski definition) is 3. The molecule has 0 aliphatic carbocycles. The van der Waals surface area contributed by atoms with Crippen LogP contribution in [0.15, 0.2) is 48.7 Å². The van der Waals surface area contributed by atoms with Gasteiger partial charge >= 0.3 is 6.09 Å². The molecule has 4 aromatic rings. The van der Waals surface area contributed by atoms with Gasteiger partial charge in [0.1, 0.15) is 6.61 Å². The van der Waals surface area contributed by atoms with Gasteiger partial charge in [-0.3, -0.25) is 9.48 Å². The average Bonchev–Trinajstić information content (AvgIpc) is 3.69. The van der Waals surface area contributed by atoms with E-state index in [1.807, 2.05) is 31.3 Å². The van der Waals surface area contributed by atoms with E-state index in [0.29, 0.717) is 24.4 Å². The first-order chi connectivity index (χ1) is 21.2. The Hall–Kier alpha value is -3.89. The van der Waals surface area contributed by atoms with E-state index in [-0.39, 0.29) is 24.1 Å². The molecule has 2 amide bonds. The van der Waals surface area contributed by atoms with Crippen molar-refractivity contribution >= 4 is 33.8 Å². The molecule has 4 atom stereocenters. The fourth-order valence-electron chi connectivity index (χ4n) is 7.09. The van der Waals surface area contributed by atoms with Crippen molar-refractivity contribution in [3.8, 4) is 0 Å². The van der Waals surface area contributed by atoms with Crippen molar-refractivity contribution in [3.63, 3.8) is 0 Å². The normalized spacial score (nSPS) is 23.3. The molecule has 10 heteroatoms. The number of H-pyrrole nitrogens is 1. The molecule has 234 valence electrons. The van der Waals surface area contributed by atoms with Gasteiger partial charge in [-0.2, -0.15) is 5.10 Å². The number of nitrogens with one attached hydrogen (secondary N) is 3. The Morgan fingerprint density at radius 1 is 1.09 bits per heavy atom. The summed E-state index contributed by atoms with van der Waals surface area (Å²) in [6, 6.07) is 15.9. The second kappa shape index (κ2) is 13.0. The summed E-state index contributed by atoms with van der Waals surface area (Å²) in [6.45, 7) is 1.49. The van der Waals surface area contributed by atoms with Crippen molar-refractivity contribution in [2.24, 2.45) is 7.05 Å². The molecule has 10 nitrogen and oxygen atoms in total. The number of ether oxygens (including phenoxy) is 1. The maximum atomic E-state index is 12.7. The van der Waals surface area contributed by atoms with E-state index in [9.17, 15) is 9.59 Å². The topological polar surface area (TPSA) is 108 Å². The summed E-state index contributed by atoms with van der Waals surface area (Å²) in [5.74, 6) is -0.0329. The van der Waals surface area contributed by atoms with E-state index in [2.05, 4.69) is 76.1 Å². The predicted molar refractivity (Wildman–Crippen MR) is 173 cm³/mol. The summed E-state index contributed by atoms with van der Waals surface area (Å²) >= 11 is 0. The van der Waals surface area contributed by atoms with Crippen molar-refractivity contribution in [3.05, 3.63) is 65.5 Å². The number of cyclic esters (lactones) is 1. The number of para-hydroxylation sites is 1. The Balaban J connectivity index is 0.000000157. The number of nitrogens with zero attached hydrogens (tertiary/aromatic N) is 4. The van der Waals surface area contributed by atoms with Crippen molar-refractivity contribution in [1.29, 1.82) is 0 Å². The Labute approximate surface area is 259 Å². The van der Waals surface area contributed by atoms with E-state index < -0.39 is 0 Å². The lowest BCUT2D eigenvalue weighted by Gasteiger charge is -2.47. The highest BCUT2D eigenvalue weighted by atomic mass is 16.6. The van der Waals surface area contributed by atoms with Gasteiger partial charge in [-0.05, 0) is 89.0 Å². The minimum atomic E-state index is -0.311. The number of amides is 2. The zero-order valence-corrected chi connectivity index (χ0v) is 26.3. The highest BCUT2D eigenvalue weighted by Crippen LogP contribution is 2.33. The molecule has 5 heterocycles. The van der Waals surface area contributed by atoms with Gasteiger partial charge < -0.3 is 30.2 Å². The first-order valence-corrected chi connectivity index (χ1v) is 15.9. The van der Waals surface area contributed by atoms with Crippen molar-refractivity contribution in [2.45, 2.75) is 69.1 Å². The van der Waals surface area contributed by atoms with Crippen molar-refractivity contribution < 1.29 is 14.3 Å². The smallest absolute Gasteiger partial charge is 0.407 e. The van der Waals surface area contributed by atoms with Crippen LogP contribution in [-0.2, 0) is 24.6 Å². The minimum absolute atomic E-state index is 0.0329. The predicted octanol–water partition coefficient (Wildman–Crippen LogP) is 4.24. The molecule has 3 saturated heterocycles. The lowest BCUT2D eigenvalue weighted by Crippen LogP contribution is -2.55. The molecule has 2 aromatic heterocycles. The number of aryl methyl sites for hydroxylation is 1. The number of aromatic amines is 1. The van der Waals surface area contributed by atoms with Crippen LogP contribution in [-0.4, -0.2) is 95.0 Å². The molecule has 2 aromatic carbocycles. The van der Waals surface area contributed by atoms with E-state index in [1.54, 1.807) is 4.68 Å². The highest BCUT2D eigenvalue weighted by molar-refractivity contribution is 6.05. The van der Waals surface area contributed by atoms with Crippen LogP contribution in [0.5, 0.6) is 0 Å². The standard InChI is InChI=1S/C18H24N4O.C16H21N3O2/c1-21-13-6-5-7-14(21)11-12(10-13)19-18(23)17-15-8-3-4-9-16(15)22(2)20-17;1-19(2)6-5-12-9-17-15-4-3-11(8-14(12)15)7-13-10-21-16(20)18-13/h3-4,8-9,12-14H,5-7,10-11H2,1-2H3,(H,19,23);3-4,8-9,13,17H,5-7,10H2,1-2H3,(H,18,20)/t12?,13-,14+;13-/m.0/s1. The summed E-state index contributed by atoms with van der Waals surface area (Å²) in [7, 11) is 8.30. The van der Waals surface area contributed by atoms with Gasteiger partial charge in [-0.15, -0.1) is 0 Å². The highest BCUT2D eigenvalue weighted by Gasteiger charge is 2.36. The fraction of sp³-hybridized carbons (Fsp3) is 0.500. The quantitative estimate of drug-likeness (QED) is 0.293. The maximum Gasteiger partial charge on any atom is 0.407 e.